The van der Waals surface area contributed by atoms with E-state index in [2.05, 4.69) is 6.58 Å². The van der Waals surface area contributed by atoms with Gasteiger partial charge in [0.2, 0.25) is 0 Å². The molecule has 3 N–H and O–H groups in total. The van der Waals surface area contributed by atoms with Crippen molar-refractivity contribution in [3.63, 3.8) is 0 Å². The van der Waals surface area contributed by atoms with E-state index in [0.29, 0.717) is 5.57 Å². The molecular weight excluding hydrogens is 130 g/mol. The molecule has 2 aliphatic rings. The van der Waals surface area contributed by atoms with Gasteiger partial charge in [-0.05, 0) is 18.4 Å². The van der Waals surface area contributed by atoms with Gasteiger partial charge in [0.25, 0.3) is 0 Å². The fourth-order valence-electron chi connectivity index (χ4n) is 1.77. The van der Waals surface area contributed by atoms with Crippen LogP contribution in [-0.2, 0) is 4.79 Å². The molecule has 1 unspecified atom stereocenters. The summed E-state index contributed by atoms with van der Waals surface area (Å²) in [5.74, 6) is -0.921. The number of carboxylic acids is 1. The number of carbonyl (C=O) groups is 1. The van der Waals surface area contributed by atoms with Crippen LogP contribution in [0.25, 0.3) is 0 Å². The fourth-order valence-corrected chi connectivity index (χ4v) is 1.77. The molecule has 0 aliphatic heterocycles. The Morgan fingerprint density at radius 2 is 2.20 bits per heavy atom. The molecule has 3 nitrogen and oxygen atoms in total. The standard InChI is InChI=1S/C7H9NO2/c1-4-6(2-3-6)7(4,8)5(9)10/h1-3,8H2,(H,9,10). The second-order valence-corrected chi connectivity index (χ2v) is 3.17. The third kappa shape index (κ3) is 0.321. The lowest BCUT2D eigenvalue weighted by Gasteiger charge is -1.99. The molecule has 0 heterocycles. The number of hydrogen-bond donors (Lipinski definition) is 2. The molecule has 3 heteroatoms. The zero-order chi connectivity index (χ0) is 7.57. The predicted octanol–water partition coefficient (Wildman–Crippen LogP) is 0.119. The Balaban J connectivity index is 2.37. The van der Waals surface area contributed by atoms with Crippen molar-refractivity contribution < 1.29 is 9.90 Å². The van der Waals surface area contributed by atoms with Crippen molar-refractivity contribution in [2.45, 2.75) is 18.4 Å². The molecule has 0 aromatic carbocycles. The highest BCUT2D eigenvalue weighted by molar-refractivity contribution is 5.94. The normalized spacial score (nSPS) is 39.9. The van der Waals surface area contributed by atoms with Crippen molar-refractivity contribution >= 4 is 5.97 Å². The highest BCUT2D eigenvalue weighted by Crippen LogP contribution is 2.75. The van der Waals surface area contributed by atoms with Crippen LogP contribution in [0, 0.1) is 5.41 Å². The van der Waals surface area contributed by atoms with Crippen LogP contribution in [0.5, 0.6) is 0 Å². The van der Waals surface area contributed by atoms with Gasteiger partial charge in [0.15, 0.2) is 0 Å². The molecule has 2 aliphatic carbocycles. The van der Waals surface area contributed by atoms with E-state index < -0.39 is 11.5 Å². The zero-order valence-electron chi connectivity index (χ0n) is 5.55. The minimum absolute atomic E-state index is 0.182. The van der Waals surface area contributed by atoms with E-state index in [-0.39, 0.29) is 5.41 Å². The molecule has 0 saturated heterocycles. The lowest BCUT2D eigenvalue weighted by atomic mass is 10.2. The molecule has 1 atom stereocenters. The van der Waals surface area contributed by atoms with Crippen LogP contribution < -0.4 is 5.73 Å². The second kappa shape index (κ2) is 1.14. The Hall–Kier alpha value is -0.830. The van der Waals surface area contributed by atoms with E-state index in [1.54, 1.807) is 0 Å². The van der Waals surface area contributed by atoms with Crippen LogP contribution in [0.15, 0.2) is 12.2 Å². The van der Waals surface area contributed by atoms with Crippen LogP contribution in [0.3, 0.4) is 0 Å². The zero-order valence-corrected chi connectivity index (χ0v) is 5.55. The van der Waals surface area contributed by atoms with E-state index in [1.165, 1.54) is 0 Å². The van der Waals surface area contributed by atoms with E-state index in [4.69, 9.17) is 10.8 Å². The summed E-state index contributed by atoms with van der Waals surface area (Å²) < 4.78 is 0. The second-order valence-electron chi connectivity index (χ2n) is 3.17. The lowest BCUT2D eigenvalue weighted by molar-refractivity contribution is -0.139. The summed E-state index contributed by atoms with van der Waals surface area (Å²) in [6, 6.07) is 0. The van der Waals surface area contributed by atoms with Gasteiger partial charge in [-0.2, -0.15) is 0 Å². The summed E-state index contributed by atoms with van der Waals surface area (Å²) in [7, 11) is 0. The molecule has 2 rings (SSSR count). The quantitative estimate of drug-likeness (QED) is 0.507. The van der Waals surface area contributed by atoms with Crippen molar-refractivity contribution in [3.05, 3.63) is 12.2 Å². The van der Waals surface area contributed by atoms with Crippen LogP contribution in [-0.4, -0.2) is 16.6 Å². The Kier molecular flexibility index (Phi) is 0.676. The Bertz CT molecular complexity index is 242. The molecule has 10 heavy (non-hydrogen) atoms. The van der Waals surface area contributed by atoms with Crippen molar-refractivity contribution in [2.24, 2.45) is 11.1 Å². The summed E-state index contributed by atoms with van der Waals surface area (Å²) in [4.78, 5) is 10.6. The predicted molar refractivity (Wildman–Crippen MR) is 35.4 cm³/mol. The van der Waals surface area contributed by atoms with Crippen LogP contribution in [0.2, 0.25) is 0 Å². The van der Waals surface area contributed by atoms with E-state index in [0.717, 1.165) is 12.8 Å². The van der Waals surface area contributed by atoms with Gasteiger partial charge in [-0.1, -0.05) is 6.58 Å². The first-order chi connectivity index (χ1) is 4.56. The maximum absolute atomic E-state index is 10.6. The van der Waals surface area contributed by atoms with Gasteiger partial charge in [-0.25, -0.2) is 4.79 Å². The van der Waals surface area contributed by atoms with Gasteiger partial charge in [-0.3, -0.25) is 0 Å². The summed E-state index contributed by atoms with van der Waals surface area (Å²) in [6.07, 6.45) is 1.82. The van der Waals surface area contributed by atoms with Gasteiger partial charge >= 0.3 is 5.97 Å². The smallest absolute Gasteiger partial charge is 0.328 e. The van der Waals surface area contributed by atoms with Crippen LogP contribution in [0.4, 0.5) is 0 Å². The number of carboxylic acid groups (broad SMARTS) is 1. The van der Waals surface area contributed by atoms with Gasteiger partial charge in [0.1, 0.15) is 5.54 Å². The summed E-state index contributed by atoms with van der Waals surface area (Å²) in [5, 5.41) is 8.67. The highest BCUT2D eigenvalue weighted by Gasteiger charge is 2.80. The van der Waals surface area contributed by atoms with E-state index in [1.807, 2.05) is 0 Å². The number of nitrogens with two attached hydrogens (primary N) is 1. The van der Waals surface area contributed by atoms with E-state index in [9.17, 15) is 4.79 Å². The van der Waals surface area contributed by atoms with Gasteiger partial charge in [0.05, 0.1) is 0 Å². The van der Waals surface area contributed by atoms with Crippen LogP contribution >= 0.6 is 0 Å². The Morgan fingerprint density at radius 1 is 1.70 bits per heavy atom. The van der Waals surface area contributed by atoms with Crippen LogP contribution in [0.1, 0.15) is 12.8 Å². The Morgan fingerprint density at radius 3 is 2.30 bits per heavy atom. The van der Waals surface area contributed by atoms with Gasteiger partial charge in [0, 0.05) is 5.41 Å². The van der Waals surface area contributed by atoms with Crippen molar-refractivity contribution in [1.29, 1.82) is 0 Å². The molecule has 0 amide bonds. The first-order valence-electron chi connectivity index (χ1n) is 3.28. The average Bonchev–Trinajstić information content (AvgIpc) is 2.69. The number of rotatable bonds is 1. The summed E-state index contributed by atoms with van der Waals surface area (Å²) in [5.41, 5.74) is 5.05. The molecule has 0 aromatic rings. The highest BCUT2D eigenvalue weighted by atomic mass is 16.4. The van der Waals surface area contributed by atoms with Gasteiger partial charge < -0.3 is 10.8 Å². The molecular formula is C7H9NO2. The average molecular weight is 139 g/mol. The third-order valence-electron chi connectivity index (χ3n) is 2.83. The molecule has 0 aromatic heterocycles. The lowest BCUT2D eigenvalue weighted by Crippen LogP contribution is -2.35. The number of aliphatic carboxylic acids is 1. The molecule has 0 bridgehead atoms. The summed E-state index contributed by atoms with van der Waals surface area (Å²) >= 11 is 0. The topological polar surface area (TPSA) is 63.3 Å². The first-order valence-corrected chi connectivity index (χ1v) is 3.28. The van der Waals surface area contributed by atoms with Gasteiger partial charge in [-0.15, -0.1) is 0 Å². The monoisotopic (exact) mass is 139 g/mol. The van der Waals surface area contributed by atoms with Crippen molar-refractivity contribution in [2.75, 3.05) is 0 Å². The minimum atomic E-state index is -1.06. The Labute approximate surface area is 58.5 Å². The maximum atomic E-state index is 10.6. The minimum Gasteiger partial charge on any atom is -0.480 e. The third-order valence-corrected chi connectivity index (χ3v) is 2.83. The maximum Gasteiger partial charge on any atom is 0.328 e. The SMILES string of the molecule is C=C1C2(CC2)C1(N)C(=O)O. The first kappa shape index (κ1) is 5.92. The van der Waals surface area contributed by atoms with E-state index >= 15 is 0 Å². The molecule has 2 fully saturated rings. The molecule has 1 spiro atoms. The molecule has 2 saturated carbocycles. The number of hydrogen-bond acceptors (Lipinski definition) is 2. The largest absolute Gasteiger partial charge is 0.480 e. The van der Waals surface area contributed by atoms with Crippen molar-refractivity contribution in [3.8, 4) is 0 Å². The van der Waals surface area contributed by atoms with Crippen molar-refractivity contribution in [1.82, 2.24) is 0 Å². The molecule has 0 radical (unpaired) electrons. The fraction of sp³-hybridized carbons (Fsp3) is 0.571. The molecule has 54 valence electrons. The summed E-state index contributed by atoms with van der Waals surface area (Å²) in [6.45, 7) is 3.65.